The van der Waals surface area contributed by atoms with Crippen LogP contribution in [0.1, 0.15) is 59.8 Å². The van der Waals surface area contributed by atoms with Crippen molar-refractivity contribution >= 4 is 18.2 Å². The Morgan fingerprint density at radius 1 is 1.18 bits per heavy atom. The Kier molecular flexibility index (Phi) is 7.24. The molecule has 0 radical (unpaired) electrons. The van der Waals surface area contributed by atoms with Crippen molar-refractivity contribution in [1.29, 1.82) is 0 Å². The predicted octanol–water partition coefficient (Wildman–Crippen LogP) is 4.26. The molecule has 1 fully saturated rings. The van der Waals surface area contributed by atoms with Gasteiger partial charge in [0.15, 0.2) is 0 Å². The highest BCUT2D eigenvalue weighted by molar-refractivity contribution is 5.82. The molecule has 0 heterocycles. The van der Waals surface area contributed by atoms with Gasteiger partial charge in [0.1, 0.15) is 12.9 Å². The maximum atomic E-state index is 11.8. The third kappa shape index (κ3) is 4.92. The minimum absolute atomic E-state index is 0.0416. The fourth-order valence-corrected chi connectivity index (χ4v) is 5.45. The van der Waals surface area contributed by atoms with Gasteiger partial charge in [-0.3, -0.25) is 4.79 Å². The van der Waals surface area contributed by atoms with Gasteiger partial charge in [0.05, 0.1) is 7.11 Å². The fourth-order valence-electron chi connectivity index (χ4n) is 5.45. The first-order chi connectivity index (χ1) is 13.1. The van der Waals surface area contributed by atoms with Crippen LogP contribution in [-0.2, 0) is 23.9 Å². The van der Waals surface area contributed by atoms with Crippen molar-refractivity contribution in [2.45, 2.75) is 59.8 Å². The summed E-state index contributed by atoms with van der Waals surface area (Å²) in [6.45, 7) is 8.38. The molecular weight excluding hydrogens is 356 g/mol. The molecule has 4 atom stereocenters. The van der Waals surface area contributed by atoms with Crippen molar-refractivity contribution in [3.63, 3.8) is 0 Å². The number of carbonyl (C=O) groups excluding carboxylic acids is 3. The standard InChI is InChI=1S/C23H34O5/c1-16(25)28-15-17(13-21(26)27-5)7-9-19-18(14-24)8-10-20-22(2,3)11-6-12-23(19,20)4/h8,10,13-14,18-20H,6-7,9,11-12,15H2,1-5H3/b17-13+/t18-,19-,20-,23+/m1/s1. The van der Waals surface area contributed by atoms with Gasteiger partial charge in [-0.25, -0.2) is 4.79 Å². The molecule has 0 unspecified atom stereocenters. The average molecular weight is 391 g/mol. The van der Waals surface area contributed by atoms with Crippen LogP contribution in [0.4, 0.5) is 0 Å². The average Bonchev–Trinajstić information content (AvgIpc) is 2.62. The number of hydrogen-bond acceptors (Lipinski definition) is 5. The topological polar surface area (TPSA) is 69.7 Å². The number of carbonyl (C=O) groups is 3. The Bertz CT molecular complexity index is 660. The van der Waals surface area contributed by atoms with E-state index in [2.05, 4.69) is 32.9 Å². The second kappa shape index (κ2) is 9.06. The summed E-state index contributed by atoms with van der Waals surface area (Å²) in [5.74, 6) is -0.346. The molecule has 0 bridgehead atoms. The van der Waals surface area contributed by atoms with Gasteiger partial charge in [0, 0.05) is 18.9 Å². The van der Waals surface area contributed by atoms with E-state index in [-0.39, 0.29) is 35.2 Å². The quantitative estimate of drug-likeness (QED) is 0.281. The van der Waals surface area contributed by atoms with E-state index in [1.807, 2.05) is 0 Å². The van der Waals surface area contributed by atoms with Crippen LogP contribution in [0.3, 0.4) is 0 Å². The third-order valence-corrected chi connectivity index (χ3v) is 6.84. The van der Waals surface area contributed by atoms with Gasteiger partial charge in [-0.15, -0.1) is 0 Å². The summed E-state index contributed by atoms with van der Waals surface area (Å²) in [4.78, 5) is 34.7. The highest BCUT2D eigenvalue weighted by atomic mass is 16.5. The Morgan fingerprint density at radius 3 is 2.50 bits per heavy atom. The van der Waals surface area contributed by atoms with Crippen molar-refractivity contribution in [3.8, 4) is 0 Å². The van der Waals surface area contributed by atoms with E-state index in [0.717, 1.165) is 31.1 Å². The van der Waals surface area contributed by atoms with Gasteiger partial charge in [-0.1, -0.05) is 39.3 Å². The van der Waals surface area contributed by atoms with Crippen LogP contribution in [0.15, 0.2) is 23.8 Å². The monoisotopic (exact) mass is 390 g/mol. The lowest BCUT2D eigenvalue weighted by molar-refractivity contribution is -0.140. The number of ether oxygens (including phenoxy) is 2. The van der Waals surface area contributed by atoms with Gasteiger partial charge in [0.2, 0.25) is 0 Å². The molecule has 156 valence electrons. The molecule has 0 aromatic carbocycles. The van der Waals surface area contributed by atoms with Crippen LogP contribution >= 0.6 is 0 Å². The molecule has 0 aromatic heterocycles. The molecule has 5 nitrogen and oxygen atoms in total. The van der Waals surface area contributed by atoms with E-state index in [0.29, 0.717) is 12.3 Å². The van der Waals surface area contributed by atoms with Crippen molar-refractivity contribution in [2.75, 3.05) is 13.7 Å². The molecule has 2 rings (SSSR count). The van der Waals surface area contributed by atoms with Crippen LogP contribution in [0.2, 0.25) is 0 Å². The molecular formula is C23H34O5. The second-order valence-corrected chi connectivity index (χ2v) is 9.18. The smallest absolute Gasteiger partial charge is 0.330 e. The first-order valence-electron chi connectivity index (χ1n) is 10.2. The van der Waals surface area contributed by atoms with Crippen LogP contribution in [0.25, 0.3) is 0 Å². The van der Waals surface area contributed by atoms with E-state index >= 15 is 0 Å². The van der Waals surface area contributed by atoms with Crippen molar-refractivity contribution < 1.29 is 23.9 Å². The summed E-state index contributed by atoms with van der Waals surface area (Å²) in [5.41, 5.74) is 0.967. The maximum absolute atomic E-state index is 11.8. The lowest BCUT2D eigenvalue weighted by Gasteiger charge is -2.56. The molecule has 2 aliphatic carbocycles. The maximum Gasteiger partial charge on any atom is 0.330 e. The molecule has 28 heavy (non-hydrogen) atoms. The summed E-state index contributed by atoms with van der Waals surface area (Å²) in [6, 6.07) is 0. The highest BCUT2D eigenvalue weighted by Gasteiger charge is 2.52. The number of esters is 2. The van der Waals surface area contributed by atoms with E-state index in [1.54, 1.807) is 0 Å². The number of methoxy groups -OCH3 is 1. The minimum atomic E-state index is -0.458. The Morgan fingerprint density at radius 2 is 1.89 bits per heavy atom. The molecule has 0 aliphatic heterocycles. The number of allylic oxidation sites excluding steroid dienone is 2. The summed E-state index contributed by atoms with van der Waals surface area (Å²) in [5, 5.41) is 0. The largest absolute Gasteiger partial charge is 0.466 e. The number of rotatable bonds is 7. The van der Waals surface area contributed by atoms with Crippen molar-refractivity contribution in [2.24, 2.45) is 28.6 Å². The van der Waals surface area contributed by atoms with Gasteiger partial charge >= 0.3 is 11.9 Å². The third-order valence-electron chi connectivity index (χ3n) is 6.84. The molecule has 0 spiro atoms. The zero-order valence-electron chi connectivity index (χ0n) is 17.8. The van der Waals surface area contributed by atoms with E-state index in [1.165, 1.54) is 26.5 Å². The molecule has 0 saturated heterocycles. The van der Waals surface area contributed by atoms with Crippen LogP contribution in [0.5, 0.6) is 0 Å². The van der Waals surface area contributed by atoms with Crippen molar-refractivity contribution in [3.05, 3.63) is 23.8 Å². The van der Waals surface area contributed by atoms with E-state index in [9.17, 15) is 14.4 Å². The van der Waals surface area contributed by atoms with Gasteiger partial charge in [-0.05, 0) is 53.9 Å². The second-order valence-electron chi connectivity index (χ2n) is 9.18. The van der Waals surface area contributed by atoms with E-state index in [4.69, 9.17) is 9.47 Å². The predicted molar refractivity (Wildman–Crippen MR) is 107 cm³/mol. The first-order valence-corrected chi connectivity index (χ1v) is 10.2. The fraction of sp³-hybridized carbons (Fsp3) is 0.696. The summed E-state index contributed by atoms with van der Waals surface area (Å²) >= 11 is 0. The summed E-state index contributed by atoms with van der Waals surface area (Å²) in [6.07, 6.45) is 11.6. The number of fused-ring (bicyclic) bond motifs is 1. The number of hydrogen-bond donors (Lipinski definition) is 0. The molecule has 0 aromatic rings. The van der Waals surface area contributed by atoms with Crippen LogP contribution in [-0.4, -0.2) is 31.9 Å². The molecule has 1 saturated carbocycles. The molecule has 5 heteroatoms. The first kappa shape index (κ1) is 22.4. The summed E-state index contributed by atoms with van der Waals surface area (Å²) < 4.78 is 9.84. The Labute approximate surface area is 168 Å². The minimum Gasteiger partial charge on any atom is -0.466 e. The van der Waals surface area contributed by atoms with Gasteiger partial charge < -0.3 is 14.3 Å². The van der Waals surface area contributed by atoms with Crippen LogP contribution in [0, 0.1) is 28.6 Å². The molecule has 0 amide bonds. The SMILES string of the molecule is COC(=O)/C=C(\CC[C@@H]1[C@@H](C=O)C=C[C@@H]2C(C)(C)CCC[C@@]12C)COC(C)=O. The zero-order chi connectivity index (χ0) is 20.9. The van der Waals surface area contributed by atoms with Gasteiger partial charge in [0.25, 0.3) is 0 Å². The normalized spacial score (nSPS) is 31.6. The molecule has 0 N–H and O–H groups in total. The Balaban J connectivity index is 2.23. The Hall–Kier alpha value is -1.91. The van der Waals surface area contributed by atoms with Crippen LogP contribution < -0.4 is 0 Å². The lowest BCUT2D eigenvalue weighted by atomic mass is 9.48. The highest BCUT2D eigenvalue weighted by Crippen LogP contribution is 2.59. The molecule has 2 aliphatic rings. The van der Waals surface area contributed by atoms with E-state index < -0.39 is 5.97 Å². The van der Waals surface area contributed by atoms with Crippen molar-refractivity contribution in [1.82, 2.24) is 0 Å². The number of aldehydes is 1. The van der Waals surface area contributed by atoms with Gasteiger partial charge in [-0.2, -0.15) is 0 Å². The zero-order valence-corrected chi connectivity index (χ0v) is 17.8. The summed E-state index contributed by atoms with van der Waals surface area (Å²) in [7, 11) is 1.33. The lowest BCUT2D eigenvalue weighted by Crippen LogP contribution is -2.49.